The lowest BCUT2D eigenvalue weighted by Crippen LogP contribution is -2.42. The van der Waals surface area contributed by atoms with Crippen molar-refractivity contribution in [2.24, 2.45) is 0 Å². The zero-order valence-corrected chi connectivity index (χ0v) is 27.8. The highest BCUT2D eigenvalue weighted by atomic mass is 16.3. The summed E-state index contributed by atoms with van der Waals surface area (Å²) in [5, 5.41) is 19.5. The third-order valence-electron chi connectivity index (χ3n) is 8.31. The lowest BCUT2D eigenvalue weighted by atomic mass is 9.88. The number of piperidine rings is 1. The minimum Gasteiger partial charge on any atom is -0.389 e. The van der Waals surface area contributed by atoms with Crippen molar-refractivity contribution >= 4 is 45.9 Å². The molecule has 2 aromatic heterocycles. The zero-order chi connectivity index (χ0) is 33.7. The first-order chi connectivity index (χ1) is 22.4. The Bertz CT molecular complexity index is 1720. The second-order valence-corrected chi connectivity index (χ2v) is 13.1. The molecule has 4 N–H and O–H groups in total. The number of hydrogen-bond donors (Lipinski definition) is 4. The van der Waals surface area contributed by atoms with Gasteiger partial charge in [-0.15, -0.1) is 0 Å². The number of hydrogen-bond acceptors (Lipinski definition) is 7. The van der Waals surface area contributed by atoms with Crippen LogP contribution in [-0.2, 0) is 4.79 Å². The third-order valence-corrected chi connectivity index (χ3v) is 8.31. The first kappa shape index (κ1) is 33.6. The van der Waals surface area contributed by atoms with E-state index in [0.717, 1.165) is 42.5 Å². The maximum Gasteiger partial charge on any atom is 0.325 e. The summed E-state index contributed by atoms with van der Waals surface area (Å²) in [6.07, 6.45) is 5.33. The number of rotatable bonds is 10. The van der Waals surface area contributed by atoms with Gasteiger partial charge in [-0.2, -0.15) is 0 Å². The number of pyridine rings is 1. The van der Waals surface area contributed by atoms with E-state index in [1.807, 2.05) is 81.1 Å². The lowest BCUT2D eigenvalue weighted by Gasteiger charge is -2.35. The van der Waals surface area contributed by atoms with E-state index in [0.29, 0.717) is 29.5 Å². The maximum atomic E-state index is 13.3. The normalized spacial score (nSPS) is 14.3. The molecule has 1 saturated heterocycles. The fraction of sp³-hybridized carbons (Fsp3) is 0.389. The van der Waals surface area contributed by atoms with Crippen molar-refractivity contribution in [3.63, 3.8) is 0 Å². The van der Waals surface area contributed by atoms with Crippen LogP contribution in [0.15, 0.2) is 73.1 Å². The smallest absolute Gasteiger partial charge is 0.325 e. The van der Waals surface area contributed by atoms with Gasteiger partial charge in [-0.3, -0.25) is 14.2 Å². The highest BCUT2D eigenvalue weighted by molar-refractivity contribution is 6.04. The van der Waals surface area contributed by atoms with Gasteiger partial charge in [-0.1, -0.05) is 12.1 Å². The van der Waals surface area contributed by atoms with Gasteiger partial charge in [0.2, 0.25) is 5.91 Å². The van der Waals surface area contributed by atoms with Gasteiger partial charge >= 0.3 is 6.03 Å². The largest absolute Gasteiger partial charge is 0.389 e. The van der Waals surface area contributed by atoms with E-state index in [2.05, 4.69) is 25.8 Å². The van der Waals surface area contributed by atoms with E-state index >= 15 is 0 Å². The van der Waals surface area contributed by atoms with Crippen molar-refractivity contribution in [1.29, 1.82) is 0 Å². The van der Waals surface area contributed by atoms with Gasteiger partial charge in [0.15, 0.2) is 0 Å². The first-order valence-corrected chi connectivity index (χ1v) is 16.1. The van der Waals surface area contributed by atoms with E-state index in [1.54, 1.807) is 31.6 Å². The summed E-state index contributed by atoms with van der Waals surface area (Å²) < 4.78 is 1.53. The van der Waals surface area contributed by atoms with E-state index in [4.69, 9.17) is 0 Å². The number of carbonyl (C=O) groups excluding carboxylic acids is 3. The predicted octanol–water partition coefficient (Wildman–Crippen LogP) is 5.09. The second kappa shape index (κ2) is 14.4. The molecule has 3 heterocycles. The van der Waals surface area contributed by atoms with E-state index < -0.39 is 5.60 Å². The Morgan fingerprint density at radius 3 is 2.36 bits per heavy atom. The Hall–Kier alpha value is -4.74. The SMILES string of the molecule is CNC(=O)n1ccc2cc(N(CC(=O)NC(C)C)c3ccnc(NC(=O)c4ccc(C5CCN(CC(C)(C)O)CC5)cc4)c3)ccc21. The fourth-order valence-electron chi connectivity index (χ4n) is 6.16. The molecule has 2 aromatic carbocycles. The van der Waals surface area contributed by atoms with Crippen molar-refractivity contribution in [3.8, 4) is 0 Å². The molecular weight excluding hydrogens is 594 g/mol. The summed E-state index contributed by atoms with van der Waals surface area (Å²) in [5.41, 5.74) is 3.20. The number of amides is 3. The second-order valence-electron chi connectivity index (χ2n) is 13.1. The summed E-state index contributed by atoms with van der Waals surface area (Å²) >= 11 is 0. The lowest BCUT2D eigenvalue weighted by molar-refractivity contribution is -0.120. The van der Waals surface area contributed by atoms with Crippen LogP contribution >= 0.6 is 0 Å². The monoisotopic (exact) mass is 639 g/mol. The minimum atomic E-state index is -0.701. The molecule has 0 bridgehead atoms. The Balaban J connectivity index is 1.31. The molecule has 11 nitrogen and oxygen atoms in total. The van der Waals surface area contributed by atoms with Gasteiger partial charge in [0.1, 0.15) is 12.4 Å². The predicted molar refractivity (Wildman–Crippen MR) is 185 cm³/mol. The maximum absolute atomic E-state index is 13.3. The van der Waals surface area contributed by atoms with Crippen molar-refractivity contribution in [3.05, 3.63) is 84.2 Å². The zero-order valence-electron chi connectivity index (χ0n) is 27.8. The van der Waals surface area contributed by atoms with Crippen LogP contribution < -0.4 is 20.9 Å². The van der Waals surface area contributed by atoms with Crippen molar-refractivity contribution < 1.29 is 19.5 Å². The third kappa shape index (κ3) is 8.55. The van der Waals surface area contributed by atoms with Crippen LogP contribution in [0.4, 0.5) is 22.0 Å². The number of fused-ring (bicyclic) bond motifs is 1. The quantitative estimate of drug-likeness (QED) is 0.190. The number of likely N-dealkylation sites (tertiary alicyclic amines) is 1. The van der Waals surface area contributed by atoms with E-state index in [-0.39, 0.29) is 30.4 Å². The van der Waals surface area contributed by atoms with Crippen molar-refractivity contribution in [1.82, 2.24) is 25.1 Å². The molecule has 0 spiro atoms. The van der Waals surface area contributed by atoms with Gasteiger partial charge in [0.05, 0.1) is 11.1 Å². The highest BCUT2D eigenvalue weighted by Gasteiger charge is 2.25. The average Bonchev–Trinajstić information content (AvgIpc) is 3.46. The fourth-order valence-corrected chi connectivity index (χ4v) is 6.16. The summed E-state index contributed by atoms with van der Waals surface area (Å²) in [5.74, 6) is 0.344. The molecule has 5 rings (SSSR count). The molecule has 0 aliphatic carbocycles. The summed E-state index contributed by atoms with van der Waals surface area (Å²) in [6.45, 7) is 10.1. The molecular formula is C36H45N7O4. The van der Waals surface area contributed by atoms with Crippen LogP contribution in [0.2, 0.25) is 0 Å². The van der Waals surface area contributed by atoms with Crippen LogP contribution in [0, 0.1) is 0 Å². The van der Waals surface area contributed by atoms with Crippen LogP contribution in [0.25, 0.3) is 10.9 Å². The molecule has 248 valence electrons. The van der Waals surface area contributed by atoms with Crippen LogP contribution in [0.5, 0.6) is 0 Å². The summed E-state index contributed by atoms with van der Waals surface area (Å²) in [7, 11) is 1.58. The molecule has 1 aliphatic heterocycles. The number of anilines is 3. The molecule has 0 saturated carbocycles. The summed E-state index contributed by atoms with van der Waals surface area (Å²) in [4.78, 5) is 47.0. The number of aromatic nitrogens is 2. The number of benzene rings is 2. The van der Waals surface area contributed by atoms with Gasteiger partial charge < -0.3 is 30.9 Å². The van der Waals surface area contributed by atoms with Crippen molar-refractivity contribution in [2.45, 2.75) is 58.1 Å². The molecule has 4 aromatic rings. The summed E-state index contributed by atoms with van der Waals surface area (Å²) in [6, 6.07) is 18.5. The molecule has 0 atom stereocenters. The number of nitrogens with one attached hydrogen (secondary N) is 3. The molecule has 11 heteroatoms. The molecule has 0 radical (unpaired) electrons. The Kier molecular flexibility index (Phi) is 10.3. The Morgan fingerprint density at radius 1 is 1.00 bits per heavy atom. The Morgan fingerprint density at radius 2 is 1.70 bits per heavy atom. The Labute approximate surface area is 276 Å². The molecule has 0 unspecified atom stereocenters. The van der Waals surface area contributed by atoms with Crippen LogP contribution in [0.1, 0.15) is 62.4 Å². The first-order valence-electron chi connectivity index (χ1n) is 16.1. The number of nitrogens with zero attached hydrogens (tertiary/aromatic N) is 4. The van der Waals surface area contributed by atoms with E-state index in [9.17, 15) is 19.5 Å². The molecule has 3 amide bonds. The van der Waals surface area contributed by atoms with Crippen LogP contribution in [-0.4, -0.2) is 82.3 Å². The average molecular weight is 640 g/mol. The van der Waals surface area contributed by atoms with E-state index in [1.165, 1.54) is 10.1 Å². The van der Waals surface area contributed by atoms with Gasteiger partial charge in [-0.25, -0.2) is 9.78 Å². The standard InChI is InChI=1S/C36H45N7O4/c1-24(2)39-33(44)22-43(29-10-11-31-28(20-29)15-19-42(31)35(46)37-5)30-12-16-38-32(21-30)40-34(45)27-8-6-25(7-9-27)26-13-17-41(18-14-26)23-36(3,4)47/h6-12,15-16,19-21,24,26,47H,13-14,17-18,22-23H2,1-5H3,(H,37,46)(H,39,44)(H,38,40,45). The van der Waals surface area contributed by atoms with Gasteiger partial charge in [0.25, 0.3) is 5.91 Å². The van der Waals surface area contributed by atoms with Gasteiger partial charge in [0, 0.05) is 60.4 Å². The molecule has 47 heavy (non-hydrogen) atoms. The van der Waals surface area contributed by atoms with Gasteiger partial charge in [-0.05, 0) is 108 Å². The molecule has 1 aliphatic rings. The van der Waals surface area contributed by atoms with Crippen LogP contribution in [0.3, 0.4) is 0 Å². The number of β-amino-alcohol motifs (C(OH)–C–C–N with tert-alkyl or cyclic N) is 1. The highest BCUT2D eigenvalue weighted by Crippen LogP contribution is 2.31. The minimum absolute atomic E-state index is 0.0291. The topological polar surface area (TPSA) is 132 Å². The number of aliphatic hydroxyl groups is 1. The molecule has 1 fully saturated rings. The van der Waals surface area contributed by atoms with Crippen molar-refractivity contribution in [2.75, 3.05) is 43.4 Å². The number of carbonyl (C=O) groups is 3.